The molecule has 94 valence electrons. The zero-order chi connectivity index (χ0) is 13.1. The monoisotopic (exact) mass is 251 g/mol. The number of urea groups is 1. The van der Waals surface area contributed by atoms with E-state index in [0.717, 1.165) is 17.1 Å². The molecule has 0 radical (unpaired) electrons. The quantitative estimate of drug-likeness (QED) is 0.829. The van der Waals surface area contributed by atoms with Gasteiger partial charge in [0.2, 0.25) is 0 Å². The highest BCUT2D eigenvalue weighted by molar-refractivity contribution is 6.06. The third-order valence-electron chi connectivity index (χ3n) is 2.94. The molecule has 0 fully saturated rings. The van der Waals surface area contributed by atoms with E-state index in [9.17, 15) is 4.79 Å². The van der Waals surface area contributed by atoms with Gasteiger partial charge in [-0.1, -0.05) is 30.3 Å². The van der Waals surface area contributed by atoms with Crippen molar-refractivity contribution in [3.8, 4) is 0 Å². The Morgan fingerprint density at radius 2 is 1.79 bits per heavy atom. The van der Waals surface area contributed by atoms with Crippen molar-refractivity contribution in [2.45, 2.75) is 0 Å². The van der Waals surface area contributed by atoms with Gasteiger partial charge in [-0.15, -0.1) is 0 Å². The van der Waals surface area contributed by atoms with Gasteiger partial charge in [-0.2, -0.15) is 0 Å². The van der Waals surface area contributed by atoms with Crippen LogP contribution in [0.5, 0.6) is 0 Å². The van der Waals surface area contributed by atoms with Crippen molar-refractivity contribution in [1.29, 1.82) is 0 Å². The number of carbonyl (C=O) groups excluding carboxylic acids is 1. The van der Waals surface area contributed by atoms with Crippen molar-refractivity contribution in [2.24, 2.45) is 4.99 Å². The van der Waals surface area contributed by atoms with E-state index in [1.54, 1.807) is 11.1 Å². The lowest BCUT2D eigenvalue weighted by atomic mass is 10.2. The van der Waals surface area contributed by atoms with Crippen LogP contribution in [0.4, 0.5) is 21.9 Å². The maximum absolute atomic E-state index is 12.3. The van der Waals surface area contributed by atoms with Gasteiger partial charge < -0.3 is 5.32 Å². The van der Waals surface area contributed by atoms with E-state index in [2.05, 4.69) is 10.3 Å². The fraction of sp³-hybridized carbons (Fsp3) is 0.0667. The molecule has 0 saturated heterocycles. The SMILES string of the molecule is O=C(Nc1ccccc1)N1CC=Nc2ccccc21. The minimum Gasteiger partial charge on any atom is -0.308 e. The number of nitrogens with zero attached hydrogens (tertiary/aromatic N) is 2. The van der Waals surface area contributed by atoms with Crippen LogP contribution in [0.1, 0.15) is 0 Å². The van der Waals surface area contributed by atoms with Crippen LogP contribution in [0.2, 0.25) is 0 Å². The Kier molecular flexibility index (Phi) is 2.98. The summed E-state index contributed by atoms with van der Waals surface area (Å²) >= 11 is 0. The molecule has 2 aromatic carbocycles. The van der Waals surface area contributed by atoms with Crippen LogP contribution in [0.25, 0.3) is 0 Å². The molecule has 2 amide bonds. The summed E-state index contributed by atoms with van der Waals surface area (Å²) in [6.07, 6.45) is 1.74. The van der Waals surface area contributed by atoms with Crippen molar-refractivity contribution >= 4 is 29.3 Å². The molecule has 0 spiro atoms. The third kappa shape index (κ3) is 2.33. The van der Waals surface area contributed by atoms with Gasteiger partial charge >= 0.3 is 6.03 Å². The summed E-state index contributed by atoms with van der Waals surface area (Å²) in [7, 11) is 0. The van der Waals surface area contributed by atoms with Gasteiger partial charge in [0, 0.05) is 11.9 Å². The molecule has 0 bridgehead atoms. The van der Waals surface area contributed by atoms with Crippen molar-refractivity contribution in [3.63, 3.8) is 0 Å². The Balaban J connectivity index is 1.83. The number of hydrogen-bond acceptors (Lipinski definition) is 2. The summed E-state index contributed by atoms with van der Waals surface area (Å²) in [5.41, 5.74) is 2.43. The second-order valence-corrected chi connectivity index (χ2v) is 4.21. The maximum atomic E-state index is 12.3. The van der Waals surface area contributed by atoms with Crippen LogP contribution < -0.4 is 10.2 Å². The molecule has 1 N–H and O–H groups in total. The number of rotatable bonds is 1. The van der Waals surface area contributed by atoms with Gasteiger partial charge in [-0.25, -0.2) is 4.79 Å². The van der Waals surface area contributed by atoms with Crippen LogP contribution in [-0.4, -0.2) is 18.8 Å². The molecule has 3 rings (SSSR count). The number of benzene rings is 2. The first kappa shape index (κ1) is 11.5. The first-order valence-electron chi connectivity index (χ1n) is 6.10. The molecule has 4 nitrogen and oxygen atoms in total. The highest BCUT2D eigenvalue weighted by Crippen LogP contribution is 2.30. The van der Waals surface area contributed by atoms with E-state index in [-0.39, 0.29) is 6.03 Å². The second-order valence-electron chi connectivity index (χ2n) is 4.21. The van der Waals surface area contributed by atoms with Gasteiger partial charge in [-0.3, -0.25) is 9.89 Å². The number of amides is 2. The molecule has 0 atom stereocenters. The number of fused-ring (bicyclic) bond motifs is 1. The molecule has 1 aliphatic heterocycles. The molecule has 0 saturated carbocycles. The molecule has 0 unspecified atom stereocenters. The summed E-state index contributed by atoms with van der Waals surface area (Å²) in [6.45, 7) is 0.482. The highest BCUT2D eigenvalue weighted by Gasteiger charge is 2.20. The highest BCUT2D eigenvalue weighted by atomic mass is 16.2. The average Bonchev–Trinajstić information content (AvgIpc) is 2.47. The summed E-state index contributed by atoms with van der Waals surface area (Å²) in [5.74, 6) is 0. The summed E-state index contributed by atoms with van der Waals surface area (Å²) in [5, 5.41) is 2.88. The molecule has 4 heteroatoms. The topological polar surface area (TPSA) is 44.7 Å². The van der Waals surface area contributed by atoms with Crippen LogP contribution in [0.3, 0.4) is 0 Å². The van der Waals surface area contributed by atoms with Crippen molar-refractivity contribution in [1.82, 2.24) is 0 Å². The molecular formula is C15H13N3O. The summed E-state index contributed by atoms with van der Waals surface area (Å²) in [4.78, 5) is 18.2. The molecular weight excluding hydrogens is 238 g/mol. The lowest BCUT2D eigenvalue weighted by Gasteiger charge is -2.25. The Morgan fingerprint density at radius 3 is 2.63 bits per heavy atom. The van der Waals surface area contributed by atoms with Crippen molar-refractivity contribution in [2.75, 3.05) is 16.8 Å². The van der Waals surface area contributed by atoms with Crippen LogP contribution in [-0.2, 0) is 0 Å². The maximum Gasteiger partial charge on any atom is 0.326 e. The fourth-order valence-corrected chi connectivity index (χ4v) is 2.03. The van der Waals surface area contributed by atoms with E-state index >= 15 is 0 Å². The normalized spacial score (nSPS) is 12.9. The van der Waals surface area contributed by atoms with Gasteiger partial charge in [-0.05, 0) is 24.3 Å². The first-order chi connectivity index (χ1) is 9.34. The van der Waals surface area contributed by atoms with E-state index in [1.165, 1.54) is 0 Å². The Morgan fingerprint density at radius 1 is 1.05 bits per heavy atom. The number of carbonyl (C=O) groups is 1. The second kappa shape index (κ2) is 4.94. The molecule has 2 aromatic rings. The van der Waals surface area contributed by atoms with Gasteiger partial charge in [0.1, 0.15) is 0 Å². The summed E-state index contributed by atoms with van der Waals surface area (Å²) in [6, 6.07) is 16.9. The van der Waals surface area contributed by atoms with Crippen LogP contribution in [0, 0.1) is 0 Å². The standard InChI is InChI=1S/C15H13N3O/c19-15(17-12-6-2-1-3-7-12)18-11-10-16-13-8-4-5-9-14(13)18/h1-10H,11H2,(H,17,19). The van der Waals surface area contributed by atoms with Crippen molar-refractivity contribution in [3.05, 3.63) is 54.6 Å². The Hall–Kier alpha value is -2.62. The number of hydrogen-bond donors (Lipinski definition) is 1. The molecule has 0 aromatic heterocycles. The average molecular weight is 251 g/mol. The largest absolute Gasteiger partial charge is 0.326 e. The van der Waals surface area contributed by atoms with E-state index in [4.69, 9.17) is 0 Å². The van der Waals surface area contributed by atoms with E-state index in [1.807, 2.05) is 54.6 Å². The predicted molar refractivity (Wildman–Crippen MR) is 77.4 cm³/mol. The van der Waals surface area contributed by atoms with Gasteiger partial charge in [0.05, 0.1) is 17.9 Å². The van der Waals surface area contributed by atoms with Crippen molar-refractivity contribution < 1.29 is 4.79 Å². The minimum absolute atomic E-state index is 0.148. The van der Waals surface area contributed by atoms with Crippen LogP contribution >= 0.6 is 0 Å². The first-order valence-corrected chi connectivity index (χ1v) is 6.10. The third-order valence-corrected chi connectivity index (χ3v) is 2.94. The van der Waals surface area contributed by atoms with E-state index in [0.29, 0.717) is 6.54 Å². The van der Waals surface area contributed by atoms with Gasteiger partial charge in [0.15, 0.2) is 0 Å². The number of nitrogens with one attached hydrogen (secondary N) is 1. The zero-order valence-corrected chi connectivity index (χ0v) is 10.3. The number of para-hydroxylation sites is 3. The number of anilines is 2. The molecule has 19 heavy (non-hydrogen) atoms. The minimum atomic E-state index is -0.148. The zero-order valence-electron chi connectivity index (χ0n) is 10.3. The smallest absolute Gasteiger partial charge is 0.308 e. The lowest BCUT2D eigenvalue weighted by Crippen LogP contribution is -2.37. The summed E-state index contributed by atoms with van der Waals surface area (Å²) < 4.78 is 0. The fourth-order valence-electron chi connectivity index (χ4n) is 2.03. The van der Waals surface area contributed by atoms with Gasteiger partial charge in [0.25, 0.3) is 0 Å². The van der Waals surface area contributed by atoms with Crippen LogP contribution in [0.15, 0.2) is 59.6 Å². The number of aliphatic imine (C=N–C) groups is 1. The molecule has 0 aliphatic carbocycles. The predicted octanol–water partition coefficient (Wildman–Crippen LogP) is 3.44. The van der Waals surface area contributed by atoms with E-state index < -0.39 is 0 Å². The lowest BCUT2D eigenvalue weighted by molar-refractivity contribution is 0.257. The molecule has 1 aliphatic rings. The molecule has 1 heterocycles. The Labute approximate surface area is 111 Å². The Bertz CT molecular complexity index is 622.